The van der Waals surface area contributed by atoms with Gasteiger partial charge in [-0.3, -0.25) is 4.79 Å². The first-order valence-electron chi connectivity index (χ1n) is 6.84. The highest BCUT2D eigenvalue weighted by molar-refractivity contribution is 6.10. The van der Waals surface area contributed by atoms with Crippen molar-refractivity contribution in [2.24, 2.45) is 5.92 Å². The lowest BCUT2D eigenvalue weighted by Gasteiger charge is -2.15. The highest BCUT2D eigenvalue weighted by Crippen LogP contribution is 2.44. The predicted molar refractivity (Wildman–Crippen MR) is 80.4 cm³/mol. The zero-order chi connectivity index (χ0) is 16.6. The molecule has 0 aliphatic rings. The number of fused-ring (bicyclic) bond motifs is 1. The fourth-order valence-corrected chi connectivity index (χ4v) is 2.24. The number of carbonyl (C=O) groups is 1. The summed E-state index contributed by atoms with van der Waals surface area (Å²) in [6.45, 7) is 3.50. The first-order chi connectivity index (χ1) is 10.2. The number of hydrogen-bond acceptors (Lipinski definition) is 6. The lowest BCUT2D eigenvalue weighted by Crippen LogP contribution is -2.19. The third-order valence-electron chi connectivity index (χ3n) is 3.65. The van der Waals surface area contributed by atoms with Crippen LogP contribution in [0.3, 0.4) is 0 Å². The molecular formula is C16H18O6. The van der Waals surface area contributed by atoms with Crippen molar-refractivity contribution in [2.75, 3.05) is 0 Å². The van der Waals surface area contributed by atoms with E-state index in [4.69, 9.17) is 0 Å². The normalized spacial score (nSPS) is 12.7. The van der Waals surface area contributed by atoms with Crippen molar-refractivity contribution in [1.29, 1.82) is 0 Å². The maximum Gasteiger partial charge on any atom is 0.169 e. The van der Waals surface area contributed by atoms with E-state index in [9.17, 15) is 30.3 Å². The smallest absolute Gasteiger partial charge is 0.169 e. The van der Waals surface area contributed by atoms with Gasteiger partial charge in [0.1, 0.15) is 23.0 Å². The van der Waals surface area contributed by atoms with E-state index >= 15 is 0 Å². The second-order valence-electron chi connectivity index (χ2n) is 5.58. The molecule has 6 nitrogen and oxygen atoms in total. The molecule has 0 heterocycles. The van der Waals surface area contributed by atoms with E-state index in [1.54, 1.807) is 13.8 Å². The Kier molecular flexibility index (Phi) is 4.14. The number of carbonyl (C=O) groups excluding carboxylic acids is 1. The maximum absolute atomic E-state index is 12.2. The quantitative estimate of drug-likeness (QED) is 0.437. The Bertz CT molecular complexity index is 735. The number of aromatic hydroxyl groups is 4. The summed E-state index contributed by atoms with van der Waals surface area (Å²) >= 11 is 0. The molecule has 0 fully saturated rings. The molecule has 1 unspecified atom stereocenters. The fraction of sp³-hybridized carbons (Fsp3) is 0.312. The molecule has 0 spiro atoms. The number of ketones is 1. The average molecular weight is 306 g/mol. The van der Waals surface area contributed by atoms with Crippen LogP contribution in [0.15, 0.2) is 18.2 Å². The van der Waals surface area contributed by atoms with E-state index in [-0.39, 0.29) is 40.2 Å². The van der Waals surface area contributed by atoms with Crippen LogP contribution >= 0.6 is 0 Å². The molecule has 0 amide bonds. The van der Waals surface area contributed by atoms with Crippen LogP contribution in [0.1, 0.15) is 30.6 Å². The van der Waals surface area contributed by atoms with E-state index in [0.717, 1.165) is 12.1 Å². The van der Waals surface area contributed by atoms with Gasteiger partial charge in [0.2, 0.25) is 0 Å². The third kappa shape index (κ3) is 2.65. The van der Waals surface area contributed by atoms with Crippen molar-refractivity contribution in [3.05, 3.63) is 23.8 Å². The second kappa shape index (κ2) is 5.73. The Balaban J connectivity index is 2.60. The van der Waals surface area contributed by atoms with Gasteiger partial charge in [0, 0.05) is 6.42 Å². The Hall–Kier alpha value is -2.47. The van der Waals surface area contributed by atoms with Gasteiger partial charge in [0.05, 0.1) is 22.4 Å². The molecule has 0 aliphatic carbocycles. The number of phenolic OH excluding ortho intramolecular Hbond substituents is 4. The first kappa shape index (κ1) is 15.9. The van der Waals surface area contributed by atoms with Crippen LogP contribution in [0.5, 0.6) is 23.0 Å². The number of rotatable bonds is 4. The largest absolute Gasteiger partial charge is 0.507 e. The minimum absolute atomic E-state index is 0.140. The summed E-state index contributed by atoms with van der Waals surface area (Å²) < 4.78 is 0. The molecule has 0 radical (unpaired) electrons. The summed E-state index contributed by atoms with van der Waals surface area (Å²) in [5.74, 6) is -2.40. The molecule has 6 heteroatoms. The Morgan fingerprint density at radius 2 is 1.55 bits per heavy atom. The number of hydrogen-bond donors (Lipinski definition) is 5. The molecule has 0 saturated heterocycles. The Labute approximate surface area is 126 Å². The van der Waals surface area contributed by atoms with Gasteiger partial charge in [0.25, 0.3) is 0 Å². The first-order valence-corrected chi connectivity index (χ1v) is 6.84. The van der Waals surface area contributed by atoms with Crippen LogP contribution < -0.4 is 0 Å². The molecule has 2 rings (SSSR count). The molecule has 0 aromatic heterocycles. The fourth-order valence-electron chi connectivity index (χ4n) is 2.24. The minimum Gasteiger partial charge on any atom is -0.507 e. The summed E-state index contributed by atoms with van der Waals surface area (Å²) in [5.41, 5.74) is -0.217. The standard InChI is InChI=1S/C16H18O6/c1-7(2)11(19)6-12(20)8-5-13(21)14-9(17)3-4-10(18)15(14)16(8)22/h3-5,7,11,17-19,21-22H,6H2,1-2H3. The minimum atomic E-state index is -0.887. The van der Waals surface area contributed by atoms with Crippen LogP contribution in [-0.2, 0) is 0 Å². The van der Waals surface area contributed by atoms with E-state index in [1.807, 2.05) is 0 Å². The van der Waals surface area contributed by atoms with E-state index in [2.05, 4.69) is 0 Å². The van der Waals surface area contributed by atoms with Gasteiger partial charge in [-0.2, -0.15) is 0 Å². The topological polar surface area (TPSA) is 118 Å². The molecule has 0 saturated carbocycles. The van der Waals surface area contributed by atoms with Crippen molar-refractivity contribution in [1.82, 2.24) is 0 Å². The van der Waals surface area contributed by atoms with Crippen molar-refractivity contribution in [2.45, 2.75) is 26.4 Å². The van der Waals surface area contributed by atoms with Gasteiger partial charge in [-0.05, 0) is 24.1 Å². The Morgan fingerprint density at radius 3 is 2.09 bits per heavy atom. The van der Waals surface area contributed by atoms with E-state index < -0.39 is 23.4 Å². The van der Waals surface area contributed by atoms with Crippen LogP contribution in [-0.4, -0.2) is 37.4 Å². The molecule has 0 bridgehead atoms. The van der Waals surface area contributed by atoms with Crippen molar-refractivity contribution >= 4 is 16.6 Å². The number of benzene rings is 2. The van der Waals surface area contributed by atoms with Crippen LogP contribution in [0.4, 0.5) is 0 Å². The predicted octanol–water partition coefficient (Wildman–Crippen LogP) is 2.25. The Morgan fingerprint density at radius 1 is 1.00 bits per heavy atom. The highest BCUT2D eigenvalue weighted by Gasteiger charge is 2.23. The van der Waals surface area contributed by atoms with Crippen molar-refractivity contribution < 1.29 is 30.3 Å². The number of phenols is 4. The molecule has 118 valence electrons. The number of aliphatic hydroxyl groups is 1. The van der Waals surface area contributed by atoms with Gasteiger partial charge in [0.15, 0.2) is 5.78 Å². The zero-order valence-electron chi connectivity index (χ0n) is 12.2. The monoisotopic (exact) mass is 306 g/mol. The van der Waals surface area contributed by atoms with E-state index in [0.29, 0.717) is 0 Å². The SMILES string of the molecule is CC(C)C(O)CC(=O)c1cc(O)c2c(O)ccc(O)c2c1O. The molecule has 2 aromatic rings. The molecule has 0 aliphatic heterocycles. The summed E-state index contributed by atoms with van der Waals surface area (Å²) in [7, 11) is 0. The van der Waals surface area contributed by atoms with Crippen LogP contribution in [0.2, 0.25) is 0 Å². The summed E-state index contributed by atoms with van der Waals surface area (Å²) in [4.78, 5) is 12.2. The van der Waals surface area contributed by atoms with Crippen molar-refractivity contribution in [3.8, 4) is 23.0 Å². The molecule has 2 aromatic carbocycles. The maximum atomic E-state index is 12.2. The lowest BCUT2D eigenvalue weighted by atomic mass is 9.95. The summed E-state index contributed by atoms with van der Waals surface area (Å²) in [6, 6.07) is 3.33. The summed E-state index contributed by atoms with van der Waals surface area (Å²) in [6.07, 6.45) is -1.11. The van der Waals surface area contributed by atoms with Crippen LogP contribution in [0.25, 0.3) is 10.8 Å². The molecular weight excluding hydrogens is 288 g/mol. The molecule has 1 atom stereocenters. The number of Topliss-reactive ketones (excluding diaryl/α,β-unsaturated/α-hetero) is 1. The van der Waals surface area contributed by atoms with Gasteiger partial charge >= 0.3 is 0 Å². The van der Waals surface area contributed by atoms with Gasteiger partial charge in [-0.15, -0.1) is 0 Å². The molecule has 22 heavy (non-hydrogen) atoms. The molecule has 5 N–H and O–H groups in total. The highest BCUT2D eigenvalue weighted by atomic mass is 16.3. The lowest BCUT2D eigenvalue weighted by molar-refractivity contribution is 0.0788. The second-order valence-corrected chi connectivity index (χ2v) is 5.58. The van der Waals surface area contributed by atoms with E-state index in [1.165, 1.54) is 6.07 Å². The van der Waals surface area contributed by atoms with Gasteiger partial charge in [-0.25, -0.2) is 0 Å². The third-order valence-corrected chi connectivity index (χ3v) is 3.65. The average Bonchev–Trinajstić information content (AvgIpc) is 2.44. The van der Waals surface area contributed by atoms with Gasteiger partial charge < -0.3 is 25.5 Å². The zero-order valence-corrected chi connectivity index (χ0v) is 12.2. The summed E-state index contributed by atoms with van der Waals surface area (Å²) in [5, 5.41) is 49.2. The van der Waals surface area contributed by atoms with Crippen molar-refractivity contribution in [3.63, 3.8) is 0 Å². The van der Waals surface area contributed by atoms with Gasteiger partial charge in [-0.1, -0.05) is 13.8 Å². The van der Waals surface area contributed by atoms with Crippen LogP contribution in [0, 0.1) is 5.92 Å². The number of aliphatic hydroxyl groups excluding tert-OH is 1.